The lowest BCUT2D eigenvalue weighted by atomic mass is 9.91. The van der Waals surface area contributed by atoms with Gasteiger partial charge in [-0.1, -0.05) is 43.3 Å². The maximum Gasteiger partial charge on any atom is 0.243 e. The lowest BCUT2D eigenvalue weighted by molar-refractivity contribution is -0.141. The number of para-hydroxylation sites is 1. The average Bonchev–Trinajstić information content (AvgIpc) is 4.22. The number of hydrogen-bond donors (Lipinski definition) is 4. The molecule has 2 amide bonds. The molecule has 5 aliphatic heterocycles. The normalized spacial score (nSPS) is 24.9. The second-order valence-electron chi connectivity index (χ2n) is 23.0. The monoisotopic (exact) mass is 1060 g/mol. The summed E-state index contributed by atoms with van der Waals surface area (Å²) >= 11 is 0. The highest BCUT2D eigenvalue weighted by atomic mass is 16.5. The number of nitrogens with one attached hydrogen (secondary N) is 1. The number of piperidine rings is 2. The zero-order chi connectivity index (χ0) is 54.0. The summed E-state index contributed by atoms with van der Waals surface area (Å²) in [6.45, 7) is 12.3. The number of benzene rings is 2. The molecule has 6 atom stereocenters. The summed E-state index contributed by atoms with van der Waals surface area (Å²) in [5.41, 5.74) is 11.0. The van der Waals surface area contributed by atoms with Crippen LogP contribution >= 0.6 is 0 Å². The molecule has 78 heavy (non-hydrogen) atoms. The Bertz CT molecular complexity index is 2930. The number of nitriles is 1. The smallest absolute Gasteiger partial charge is 0.243 e. The lowest BCUT2D eigenvalue weighted by Crippen LogP contribution is -2.48. The van der Waals surface area contributed by atoms with Gasteiger partial charge < -0.3 is 59.8 Å². The van der Waals surface area contributed by atoms with E-state index in [-0.39, 0.29) is 66.8 Å². The number of nitrogens with zero attached hydrogens (tertiary/aromatic N) is 10. The van der Waals surface area contributed by atoms with E-state index in [0.717, 1.165) is 126 Å². The van der Waals surface area contributed by atoms with Gasteiger partial charge in [-0.25, -0.2) is 4.98 Å². The van der Waals surface area contributed by atoms with Gasteiger partial charge in [0.15, 0.2) is 17.4 Å². The summed E-state index contributed by atoms with van der Waals surface area (Å²) in [6, 6.07) is 23.9. The van der Waals surface area contributed by atoms with Crippen LogP contribution in [0.5, 0.6) is 11.6 Å². The molecule has 2 unspecified atom stereocenters. The van der Waals surface area contributed by atoms with Crippen molar-refractivity contribution >= 4 is 34.8 Å². The fraction of sp³-hybridized carbons (Fsp3) is 0.542. The van der Waals surface area contributed by atoms with Crippen molar-refractivity contribution in [2.24, 2.45) is 11.8 Å². The summed E-state index contributed by atoms with van der Waals surface area (Å²) in [7, 11) is 0. The number of phenols is 1. The van der Waals surface area contributed by atoms with Crippen LogP contribution in [0.1, 0.15) is 114 Å². The molecule has 0 spiro atoms. The van der Waals surface area contributed by atoms with Gasteiger partial charge in [0.25, 0.3) is 0 Å². The first-order valence-electron chi connectivity index (χ1n) is 28.3. The zero-order valence-corrected chi connectivity index (χ0v) is 45.1. The summed E-state index contributed by atoms with van der Waals surface area (Å²) in [5, 5.41) is 46.4. The zero-order valence-electron chi connectivity index (χ0n) is 45.1. The number of hydrogen-bond acceptors (Lipinski definition) is 17. The van der Waals surface area contributed by atoms with Gasteiger partial charge in [0.1, 0.15) is 23.8 Å². The molecule has 1 aliphatic carbocycles. The number of aromatic nitrogens is 4. The van der Waals surface area contributed by atoms with Crippen LogP contribution in [-0.4, -0.2) is 147 Å². The Labute approximate surface area is 456 Å². The van der Waals surface area contributed by atoms with Gasteiger partial charge in [-0.2, -0.15) is 5.26 Å². The van der Waals surface area contributed by atoms with Crippen LogP contribution in [0.15, 0.2) is 83.5 Å². The topological polar surface area (TPSA) is 236 Å². The predicted molar refractivity (Wildman–Crippen MR) is 295 cm³/mol. The molecule has 2 bridgehead atoms. The van der Waals surface area contributed by atoms with Crippen LogP contribution in [0.2, 0.25) is 0 Å². The van der Waals surface area contributed by atoms with Gasteiger partial charge in [-0.15, -0.1) is 10.2 Å². The van der Waals surface area contributed by atoms with Gasteiger partial charge in [-0.3, -0.25) is 9.59 Å². The van der Waals surface area contributed by atoms with Gasteiger partial charge in [0.2, 0.25) is 17.7 Å². The van der Waals surface area contributed by atoms with Crippen molar-refractivity contribution < 1.29 is 33.8 Å². The number of anilines is 4. The van der Waals surface area contributed by atoms with E-state index in [1.54, 1.807) is 24.3 Å². The first-order valence-corrected chi connectivity index (χ1v) is 28.3. The predicted octanol–water partition coefficient (Wildman–Crippen LogP) is 6.82. The number of nitrogens with two attached hydrogens (primary N) is 1. The standard InChI is InChI=1S/C59H74N12O7/c1-36(2)56(59(75)70-35-44(72)27-51(70)58(74)63-37(3)40-10-8-38(32-60)9-11-40)53-31-54(66-78-53)68-23-15-39(16-24-68)33-67-21-18-45(19-22-67)76-46-28-47(29-46)77-55-26-42(14-20-62-55)71-41-12-13-43(71)34-69(25-17-41)50-30-49(64-65-57(50)61)48-6-4-5-7-52(48)73/h4-11,14,20,26,30-31,36-37,39,41,43-47,51,56,72-73H,12-13,15-19,21-25,27-29,33-35H2,1-3H3,(H2,61,65)(H,63,74)/t37-,41?,43?,44+,46-,47-,51-,56+/m0/s1. The number of rotatable bonds is 16. The van der Waals surface area contributed by atoms with Crippen LogP contribution in [0, 0.1) is 23.2 Å². The molecule has 6 fully saturated rings. The number of fused-ring (bicyclic) bond motifs is 2. The second kappa shape index (κ2) is 23.1. The van der Waals surface area contributed by atoms with E-state index in [0.29, 0.717) is 46.2 Å². The van der Waals surface area contributed by atoms with Gasteiger partial charge in [0.05, 0.1) is 47.4 Å². The highest BCUT2D eigenvalue weighted by Crippen LogP contribution is 2.41. The second-order valence-corrected chi connectivity index (χ2v) is 23.0. The molecule has 8 heterocycles. The molecule has 11 rings (SSSR count). The van der Waals surface area contributed by atoms with Gasteiger partial charge in [-0.05, 0) is 106 Å². The summed E-state index contributed by atoms with van der Waals surface area (Å²) in [6.07, 6.45) is 10.8. The number of nitrogen functional groups attached to an aromatic ring is 1. The lowest BCUT2D eigenvalue weighted by Gasteiger charge is -2.41. The third-order valence-electron chi connectivity index (χ3n) is 17.4. The Morgan fingerprint density at radius 1 is 0.846 bits per heavy atom. The molecule has 19 heteroatoms. The Hall–Kier alpha value is -7.01. The van der Waals surface area contributed by atoms with E-state index in [2.05, 4.69) is 63.5 Å². The number of likely N-dealkylation sites (tertiary alicyclic amines) is 2. The highest BCUT2D eigenvalue weighted by molar-refractivity contribution is 5.91. The molecule has 5 N–H and O–H groups in total. The van der Waals surface area contributed by atoms with Gasteiger partial charge in [0, 0.05) is 113 Å². The molecule has 3 aromatic heterocycles. The van der Waals surface area contributed by atoms with Crippen LogP contribution < -0.4 is 30.5 Å². The molecule has 2 aromatic carbocycles. The number of aromatic hydroxyl groups is 1. The van der Waals surface area contributed by atoms with Gasteiger partial charge >= 0.3 is 0 Å². The Balaban J connectivity index is 0.604. The van der Waals surface area contributed by atoms with E-state index in [9.17, 15) is 25.1 Å². The number of carbonyl (C=O) groups excluding carboxylic acids is 2. The van der Waals surface area contributed by atoms with Crippen LogP contribution in [0.4, 0.5) is 23.0 Å². The molecular formula is C59H74N12O7. The van der Waals surface area contributed by atoms with E-state index < -0.39 is 18.1 Å². The number of pyridine rings is 1. The molecule has 1 saturated carbocycles. The molecule has 5 aromatic rings. The Morgan fingerprint density at radius 2 is 1.60 bits per heavy atom. The number of phenolic OH excluding ortho intramolecular Hbond substituents is 1. The largest absolute Gasteiger partial charge is 0.507 e. The number of carbonyl (C=O) groups is 2. The first kappa shape index (κ1) is 53.0. The van der Waals surface area contributed by atoms with Crippen molar-refractivity contribution in [1.29, 1.82) is 5.26 Å². The Kier molecular flexibility index (Phi) is 15.7. The SMILES string of the molecule is CC(C)[C@@H](C(=O)N1C[C@H](O)C[C@H]1C(=O)N[C@@H](C)c1ccc(C#N)cc1)c1cc(N2CCC(CN3CCC(O[C@H]4C[C@H](Oc5cc(N6C7CCC6CN(c6cc(-c8ccccc8O)nnc6N)CC7)ccn5)C4)CC3)CC2)no1. The summed E-state index contributed by atoms with van der Waals surface area (Å²) in [5.74, 6) is 1.59. The summed E-state index contributed by atoms with van der Waals surface area (Å²) in [4.78, 5) is 43.8. The van der Waals surface area contributed by atoms with E-state index in [1.807, 2.05) is 63.4 Å². The minimum Gasteiger partial charge on any atom is -0.507 e. The van der Waals surface area contributed by atoms with E-state index in [1.165, 1.54) is 4.90 Å². The molecule has 19 nitrogen and oxygen atoms in total. The van der Waals surface area contributed by atoms with Crippen LogP contribution in [0.3, 0.4) is 0 Å². The van der Waals surface area contributed by atoms with Crippen molar-refractivity contribution in [3.8, 4) is 29.0 Å². The summed E-state index contributed by atoms with van der Waals surface area (Å²) < 4.78 is 19.0. The molecule has 412 valence electrons. The molecule has 0 radical (unpaired) electrons. The fourth-order valence-electron chi connectivity index (χ4n) is 12.9. The van der Waals surface area contributed by atoms with E-state index in [4.69, 9.17) is 19.7 Å². The van der Waals surface area contributed by atoms with E-state index >= 15 is 0 Å². The minimum atomic E-state index is -0.825. The minimum absolute atomic E-state index is 0.0646. The number of aliphatic hydroxyl groups excluding tert-OH is 1. The third-order valence-corrected chi connectivity index (χ3v) is 17.4. The van der Waals surface area contributed by atoms with Crippen LogP contribution in [-0.2, 0) is 14.3 Å². The van der Waals surface area contributed by atoms with Crippen molar-refractivity contribution in [3.63, 3.8) is 0 Å². The molecule has 6 aliphatic rings. The highest BCUT2D eigenvalue weighted by Gasteiger charge is 2.44. The van der Waals surface area contributed by atoms with Crippen molar-refractivity contribution in [2.75, 3.05) is 72.8 Å². The molecule has 5 saturated heterocycles. The van der Waals surface area contributed by atoms with Crippen molar-refractivity contribution in [2.45, 2.75) is 139 Å². The Morgan fingerprint density at radius 3 is 2.36 bits per heavy atom. The van der Waals surface area contributed by atoms with Crippen molar-refractivity contribution in [3.05, 3.63) is 95.9 Å². The number of amides is 2. The third kappa shape index (κ3) is 11.6. The number of β-amino-alcohol motifs (C(OH)–C–C–N with tert-alkyl or cyclic N) is 1. The maximum absolute atomic E-state index is 14.3. The van der Waals surface area contributed by atoms with Crippen molar-refractivity contribution in [1.82, 2.24) is 35.5 Å². The quantitative estimate of drug-likeness (QED) is 0.0793. The molecular weight excluding hydrogens is 989 g/mol. The maximum atomic E-state index is 14.3. The fourth-order valence-corrected chi connectivity index (χ4v) is 12.9. The first-order chi connectivity index (χ1) is 37.8. The average molecular weight is 1060 g/mol. The van der Waals surface area contributed by atoms with Crippen LogP contribution in [0.25, 0.3) is 11.3 Å². The number of ether oxygens (including phenoxy) is 2. The number of aliphatic hydroxyl groups is 1.